The molecule has 0 radical (unpaired) electrons. The van der Waals surface area contributed by atoms with Crippen LogP contribution >= 0.6 is 34.8 Å². The van der Waals surface area contributed by atoms with Crippen molar-refractivity contribution >= 4 is 57.5 Å². The zero-order valence-corrected chi connectivity index (χ0v) is 14.0. The number of hydrogen-bond acceptors (Lipinski definition) is 3. The molecule has 7 heteroatoms. The third-order valence-corrected chi connectivity index (χ3v) is 3.18. The van der Waals surface area contributed by atoms with Crippen LogP contribution in [0.4, 0.5) is 5.69 Å². The second-order valence-electron chi connectivity index (χ2n) is 4.60. The Labute approximate surface area is 136 Å². The van der Waals surface area contributed by atoms with Crippen molar-refractivity contribution in [1.29, 1.82) is 0 Å². The van der Waals surface area contributed by atoms with E-state index in [9.17, 15) is 9.59 Å². The zero-order valence-electron chi connectivity index (χ0n) is 11.1. The Morgan fingerprint density at radius 1 is 1.40 bits per heavy atom. The third kappa shape index (κ3) is 5.41. The van der Waals surface area contributed by atoms with Gasteiger partial charge in [0.1, 0.15) is 0 Å². The molecule has 0 saturated carbocycles. The predicted molar refractivity (Wildman–Crippen MR) is 89.9 cm³/mol. The number of amides is 1. The molecule has 3 N–H and O–H groups in total. The van der Waals surface area contributed by atoms with Gasteiger partial charge in [-0.1, -0.05) is 13.8 Å². The van der Waals surface area contributed by atoms with E-state index >= 15 is 0 Å². The number of hydrogen-bond donors (Lipinski definition) is 3. The van der Waals surface area contributed by atoms with Gasteiger partial charge in [-0.05, 0) is 58.9 Å². The topological polar surface area (TPSA) is 78.4 Å². The SMILES string of the molecule is CC(C)CC(=O)NC(=S)Nc1ccc(I)cc1C(=O)O. The fourth-order valence-corrected chi connectivity index (χ4v) is 2.22. The summed E-state index contributed by atoms with van der Waals surface area (Å²) in [5, 5.41) is 14.5. The lowest BCUT2D eigenvalue weighted by Gasteiger charge is -2.12. The first kappa shape index (κ1) is 16.8. The molecule has 0 fully saturated rings. The van der Waals surface area contributed by atoms with Gasteiger partial charge in [0.2, 0.25) is 5.91 Å². The Bertz CT molecular complexity index is 546. The fraction of sp³-hybridized carbons (Fsp3) is 0.308. The summed E-state index contributed by atoms with van der Waals surface area (Å²) < 4.78 is 0.806. The van der Waals surface area contributed by atoms with Crippen LogP contribution in [0.2, 0.25) is 0 Å². The lowest BCUT2D eigenvalue weighted by Crippen LogP contribution is -2.35. The standard InChI is InChI=1S/C13H15IN2O3S/c1-7(2)5-11(17)16-13(20)15-10-4-3-8(14)6-9(10)12(18)19/h3-4,6-7H,5H2,1-2H3,(H,18,19)(H2,15,16,17,20). The lowest BCUT2D eigenvalue weighted by atomic mass is 10.1. The van der Waals surface area contributed by atoms with Crippen LogP contribution in [-0.4, -0.2) is 22.1 Å². The molecule has 108 valence electrons. The molecule has 0 aromatic heterocycles. The smallest absolute Gasteiger partial charge is 0.337 e. The van der Waals surface area contributed by atoms with Gasteiger partial charge in [-0.2, -0.15) is 0 Å². The number of anilines is 1. The summed E-state index contributed by atoms with van der Waals surface area (Å²) in [7, 11) is 0. The molecular weight excluding hydrogens is 391 g/mol. The summed E-state index contributed by atoms with van der Waals surface area (Å²) in [4.78, 5) is 22.7. The highest BCUT2D eigenvalue weighted by atomic mass is 127. The van der Waals surface area contributed by atoms with E-state index in [-0.39, 0.29) is 22.5 Å². The summed E-state index contributed by atoms with van der Waals surface area (Å²) in [6, 6.07) is 4.91. The van der Waals surface area contributed by atoms with Crippen LogP contribution < -0.4 is 10.6 Å². The molecule has 1 aromatic rings. The maximum Gasteiger partial charge on any atom is 0.337 e. The van der Waals surface area contributed by atoms with E-state index in [2.05, 4.69) is 10.6 Å². The molecular formula is C13H15IN2O3S. The monoisotopic (exact) mass is 406 g/mol. The van der Waals surface area contributed by atoms with Gasteiger partial charge < -0.3 is 15.7 Å². The number of rotatable bonds is 4. The third-order valence-electron chi connectivity index (χ3n) is 2.31. The number of benzene rings is 1. The van der Waals surface area contributed by atoms with Crippen molar-refractivity contribution in [2.24, 2.45) is 5.92 Å². The van der Waals surface area contributed by atoms with Crippen LogP contribution in [0.1, 0.15) is 30.6 Å². The van der Waals surface area contributed by atoms with Gasteiger partial charge in [0, 0.05) is 9.99 Å². The van der Waals surface area contributed by atoms with Gasteiger partial charge in [-0.25, -0.2) is 4.79 Å². The van der Waals surface area contributed by atoms with Crippen molar-refractivity contribution in [2.75, 3.05) is 5.32 Å². The van der Waals surface area contributed by atoms with E-state index in [1.807, 2.05) is 36.4 Å². The molecule has 0 saturated heterocycles. The number of nitrogens with one attached hydrogen (secondary N) is 2. The van der Waals surface area contributed by atoms with Gasteiger partial charge >= 0.3 is 5.97 Å². The molecule has 0 spiro atoms. The number of carbonyl (C=O) groups excluding carboxylic acids is 1. The van der Waals surface area contributed by atoms with Crippen molar-refractivity contribution in [3.63, 3.8) is 0 Å². The molecule has 0 heterocycles. The van der Waals surface area contributed by atoms with E-state index in [0.29, 0.717) is 12.1 Å². The molecule has 0 unspecified atom stereocenters. The van der Waals surface area contributed by atoms with Gasteiger partial charge in [0.05, 0.1) is 11.3 Å². The first-order valence-electron chi connectivity index (χ1n) is 5.93. The molecule has 1 aromatic carbocycles. The van der Waals surface area contributed by atoms with E-state index in [1.54, 1.807) is 12.1 Å². The second kappa shape index (κ2) is 7.53. The summed E-state index contributed by atoms with van der Waals surface area (Å²) in [5.74, 6) is -1.02. The van der Waals surface area contributed by atoms with Gasteiger partial charge in [-0.3, -0.25) is 4.79 Å². The van der Waals surface area contributed by atoms with Crippen LogP contribution in [-0.2, 0) is 4.79 Å². The van der Waals surface area contributed by atoms with Crippen molar-refractivity contribution in [2.45, 2.75) is 20.3 Å². The molecule has 20 heavy (non-hydrogen) atoms. The van der Waals surface area contributed by atoms with Gasteiger partial charge in [0.15, 0.2) is 5.11 Å². The molecule has 0 bridgehead atoms. The average molecular weight is 406 g/mol. The summed E-state index contributed by atoms with van der Waals surface area (Å²) in [6.45, 7) is 3.86. The molecule has 0 aliphatic rings. The first-order chi connectivity index (χ1) is 9.29. The molecule has 5 nitrogen and oxygen atoms in total. The Morgan fingerprint density at radius 3 is 2.60 bits per heavy atom. The number of carboxylic acid groups (broad SMARTS) is 1. The maximum absolute atomic E-state index is 11.6. The largest absolute Gasteiger partial charge is 0.478 e. The summed E-state index contributed by atoms with van der Waals surface area (Å²) in [6.07, 6.45) is 0.361. The van der Waals surface area contributed by atoms with Crippen molar-refractivity contribution < 1.29 is 14.7 Å². The Balaban J connectivity index is 2.76. The van der Waals surface area contributed by atoms with E-state index in [0.717, 1.165) is 3.57 Å². The van der Waals surface area contributed by atoms with Crippen LogP contribution in [0, 0.1) is 9.49 Å². The number of carbonyl (C=O) groups is 2. The van der Waals surface area contributed by atoms with Crippen LogP contribution in [0.25, 0.3) is 0 Å². The van der Waals surface area contributed by atoms with Crippen LogP contribution in [0.15, 0.2) is 18.2 Å². The first-order valence-corrected chi connectivity index (χ1v) is 7.42. The number of thiocarbonyl (C=S) groups is 1. The minimum Gasteiger partial charge on any atom is -0.478 e. The van der Waals surface area contributed by atoms with Crippen molar-refractivity contribution in [1.82, 2.24) is 5.32 Å². The fourth-order valence-electron chi connectivity index (χ4n) is 1.50. The summed E-state index contributed by atoms with van der Waals surface area (Å²) in [5.41, 5.74) is 0.463. The predicted octanol–water partition coefficient (Wildman–Crippen LogP) is 2.85. The highest BCUT2D eigenvalue weighted by Gasteiger charge is 2.13. The van der Waals surface area contributed by atoms with E-state index in [1.165, 1.54) is 6.07 Å². The minimum absolute atomic E-state index is 0.0966. The molecule has 1 amide bonds. The Kier molecular flexibility index (Phi) is 6.34. The van der Waals surface area contributed by atoms with Gasteiger partial charge in [-0.15, -0.1) is 0 Å². The maximum atomic E-state index is 11.6. The zero-order chi connectivity index (χ0) is 15.3. The minimum atomic E-state index is -1.05. The van der Waals surface area contributed by atoms with Gasteiger partial charge in [0.25, 0.3) is 0 Å². The number of halogens is 1. The van der Waals surface area contributed by atoms with Crippen molar-refractivity contribution in [3.8, 4) is 0 Å². The van der Waals surface area contributed by atoms with Crippen LogP contribution in [0.5, 0.6) is 0 Å². The summed E-state index contributed by atoms with van der Waals surface area (Å²) >= 11 is 7.03. The lowest BCUT2D eigenvalue weighted by molar-refractivity contribution is -0.120. The average Bonchev–Trinajstić information content (AvgIpc) is 2.29. The Morgan fingerprint density at radius 2 is 2.05 bits per heavy atom. The molecule has 1 rings (SSSR count). The number of carboxylic acids is 1. The van der Waals surface area contributed by atoms with Crippen molar-refractivity contribution in [3.05, 3.63) is 27.3 Å². The normalized spacial score (nSPS) is 10.2. The Hall–Kier alpha value is -1.22. The molecule has 0 atom stereocenters. The molecule has 0 aliphatic heterocycles. The van der Waals surface area contributed by atoms with E-state index < -0.39 is 5.97 Å². The highest BCUT2D eigenvalue weighted by molar-refractivity contribution is 14.1. The second-order valence-corrected chi connectivity index (χ2v) is 6.25. The highest BCUT2D eigenvalue weighted by Crippen LogP contribution is 2.19. The van der Waals surface area contributed by atoms with E-state index in [4.69, 9.17) is 17.3 Å². The number of aromatic carboxylic acids is 1. The quantitative estimate of drug-likeness (QED) is 0.530. The van der Waals surface area contributed by atoms with Crippen LogP contribution in [0.3, 0.4) is 0 Å². The molecule has 0 aliphatic carbocycles.